The maximum atomic E-state index is 6.55. The topological polar surface area (TPSA) is 48.3 Å². The van der Waals surface area contributed by atoms with Crippen molar-refractivity contribution in [3.63, 3.8) is 0 Å². The quantitative estimate of drug-likeness (QED) is 0.181. The Morgan fingerprint density at radius 3 is 1.86 bits per heavy atom. The Bertz CT molecular complexity index is 4070. The van der Waals surface area contributed by atoms with Crippen molar-refractivity contribution in [2.75, 3.05) is 0 Å². The smallest absolute Gasteiger partial charge is 0.180 e. The zero-order valence-corrected chi connectivity index (χ0v) is 31.5. The van der Waals surface area contributed by atoms with Crippen LogP contribution >= 0.6 is 0 Å². The van der Waals surface area contributed by atoms with Crippen LogP contribution in [0.15, 0.2) is 186 Å². The molecule has 0 amide bonds. The molecule has 0 N–H and O–H groups in total. The van der Waals surface area contributed by atoms with Crippen LogP contribution in [0.2, 0.25) is 0 Å². The van der Waals surface area contributed by atoms with E-state index in [9.17, 15) is 0 Å². The number of para-hydroxylation sites is 3. The number of rotatable bonds is 3. The zero-order chi connectivity index (χ0) is 38.3. The summed E-state index contributed by atoms with van der Waals surface area (Å²) in [5.41, 5.74) is 12.2. The third-order valence-electron chi connectivity index (χ3n) is 12.6. The lowest BCUT2D eigenvalue weighted by Crippen LogP contribution is -1.96. The summed E-state index contributed by atoms with van der Waals surface area (Å²) in [4.78, 5) is 10.4. The fourth-order valence-corrected chi connectivity index (χ4v) is 9.99. The van der Waals surface area contributed by atoms with Gasteiger partial charge < -0.3 is 13.4 Å². The van der Waals surface area contributed by atoms with E-state index in [0.29, 0.717) is 11.4 Å². The molecule has 5 aromatic heterocycles. The number of furan rings is 1. The van der Waals surface area contributed by atoms with Crippen molar-refractivity contribution in [1.82, 2.24) is 18.9 Å². The summed E-state index contributed by atoms with van der Waals surface area (Å²) in [6.45, 7) is 0. The lowest BCUT2D eigenvalue weighted by atomic mass is 10.0. The van der Waals surface area contributed by atoms with E-state index in [-0.39, 0.29) is 0 Å². The van der Waals surface area contributed by atoms with Crippen LogP contribution in [0.1, 0.15) is 0 Å². The molecule has 0 aliphatic heterocycles. The van der Waals surface area contributed by atoms with E-state index < -0.39 is 0 Å². The van der Waals surface area contributed by atoms with Gasteiger partial charge in [0.25, 0.3) is 0 Å². The molecule has 5 heteroatoms. The van der Waals surface area contributed by atoms with Crippen LogP contribution in [0.4, 0.5) is 0 Å². The first-order valence-corrected chi connectivity index (χ1v) is 20.1. The molecule has 0 spiro atoms. The van der Waals surface area contributed by atoms with Gasteiger partial charge in [-0.05, 0) is 82.2 Å². The number of hydrogen-bond acceptors (Lipinski definition) is 3. The molecule has 5 heterocycles. The summed E-state index contributed by atoms with van der Waals surface area (Å²) in [7, 11) is 0. The van der Waals surface area contributed by atoms with Crippen LogP contribution in [0.25, 0.3) is 132 Å². The fourth-order valence-electron chi connectivity index (χ4n) is 9.99. The molecule has 14 aromatic rings. The Hall–Kier alpha value is -8.02. The van der Waals surface area contributed by atoms with E-state index in [1.807, 2.05) is 18.2 Å². The summed E-state index contributed by atoms with van der Waals surface area (Å²) in [6.07, 6.45) is 0. The Balaban J connectivity index is 1.05. The van der Waals surface area contributed by atoms with Crippen LogP contribution in [0.3, 0.4) is 0 Å². The maximum absolute atomic E-state index is 6.55. The van der Waals surface area contributed by atoms with Gasteiger partial charge in [-0.25, -0.2) is 9.97 Å². The highest BCUT2D eigenvalue weighted by Gasteiger charge is 2.25. The predicted molar refractivity (Wildman–Crippen MR) is 244 cm³/mol. The summed E-state index contributed by atoms with van der Waals surface area (Å²) >= 11 is 0. The van der Waals surface area contributed by atoms with Crippen molar-refractivity contribution < 1.29 is 4.42 Å². The molecule has 5 nitrogen and oxygen atoms in total. The maximum Gasteiger partial charge on any atom is 0.180 e. The molecule has 0 atom stereocenters. The van der Waals surface area contributed by atoms with Crippen LogP contribution in [-0.2, 0) is 0 Å². The Kier molecular flexibility index (Phi) is 5.96. The second-order valence-electron chi connectivity index (χ2n) is 15.7. The first-order valence-electron chi connectivity index (χ1n) is 20.1. The highest BCUT2D eigenvalue weighted by atomic mass is 16.3. The molecule has 14 rings (SSSR count). The van der Waals surface area contributed by atoms with Gasteiger partial charge in [0.2, 0.25) is 0 Å². The molecule has 0 bridgehead atoms. The van der Waals surface area contributed by atoms with Crippen LogP contribution in [-0.4, -0.2) is 18.9 Å². The summed E-state index contributed by atoms with van der Waals surface area (Å²) in [5.74, 6) is 0.671. The van der Waals surface area contributed by atoms with Gasteiger partial charge in [-0.3, -0.25) is 0 Å². The van der Waals surface area contributed by atoms with Crippen molar-refractivity contribution in [1.29, 1.82) is 0 Å². The van der Waals surface area contributed by atoms with Crippen molar-refractivity contribution >= 4 is 104 Å². The van der Waals surface area contributed by atoms with Crippen molar-refractivity contribution in [3.05, 3.63) is 182 Å². The van der Waals surface area contributed by atoms with E-state index >= 15 is 0 Å². The molecule has 0 fully saturated rings. The van der Waals surface area contributed by atoms with Gasteiger partial charge in [-0.15, -0.1) is 0 Å². The lowest BCUT2D eigenvalue weighted by molar-refractivity contribution is 0.667. The minimum atomic E-state index is 0.671. The molecule has 272 valence electrons. The SMILES string of the molecule is c1ccc2cc(-c3nc(-c4ccc(-n5c6cc7ccccc7cc6c6c7c8ccccc8n8c9ccccc9c(cc65)c78)cc4)c4oc5ccccc5c4n3)ccc2c1. The molecule has 0 saturated carbocycles. The summed E-state index contributed by atoms with van der Waals surface area (Å²) < 4.78 is 11.5. The number of benzene rings is 9. The lowest BCUT2D eigenvalue weighted by Gasteiger charge is -2.11. The molecule has 0 aliphatic rings. The Morgan fingerprint density at radius 1 is 0.407 bits per heavy atom. The Morgan fingerprint density at radius 2 is 1.05 bits per heavy atom. The molecule has 0 saturated heterocycles. The van der Waals surface area contributed by atoms with Crippen molar-refractivity contribution in [2.45, 2.75) is 0 Å². The van der Waals surface area contributed by atoms with Gasteiger partial charge in [-0.1, -0.05) is 121 Å². The largest absolute Gasteiger partial charge is 0.452 e. The number of nitrogens with zero attached hydrogens (tertiary/aromatic N) is 4. The van der Waals surface area contributed by atoms with Gasteiger partial charge >= 0.3 is 0 Å². The van der Waals surface area contributed by atoms with Gasteiger partial charge in [0.15, 0.2) is 11.4 Å². The van der Waals surface area contributed by atoms with Gasteiger partial charge in [0, 0.05) is 54.5 Å². The molecular weight excluding hydrogens is 721 g/mol. The van der Waals surface area contributed by atoms with E-state index in [0.717, 1.165) is 44.4 Å². The van der Waals surface area contributed by atoms with Crippen LogP contribution in [0, 0.1) is 0 Å². The monoisotopic (exact) mass is 750 g/mol. The summed E-state index contributed by atoms with van der Waals surface area (Å²) in [6, 6.07) is 65.4. The summed E-state index contributed by atoms with van der Waals surface area (Å²) in [5, 5.41) is 13.4. The second kappa shape index (κ2) is 11.3. The number of fused-ring (bicyclic) bond motifs is 15. The predicted octanol–water partition coefficient (Wildman–Crippen LogP) is 14.3. The second-order valence-corrected chi connectivity index (χ2v) is 15.7. The van der Waals surface area contributed by atoms with Gasteiger partial charge in [-0.2, -0.15) is 0 Å². The van der Waals surface area contributed by atoms with Gasteiger partial charge in [0.1, 0.15) is 16.8 Å². The highest BCUT2D eigenvalue weighted by molar-refractivity contribution is 6.36. The third kappa shape index (κ3) is 4.18. The molecule has 0 aliphatic carbocycles. The van der Waals surface area contributed by atoms with Crippen molar-refractivity contribution in [3.8, 4) is 28.3 Å². The molecule has 59 heavy (non-hydrogen) atoms. The van der Waals surface area contributed by atoms with E-state index in [1.165, 1.54) is 76.1 Å². The average Bonchev–Trinajstić information content (AvgIpc) is 4.03. The van der Waals surface area contributed by atoms with E-state index in [4.69, 9.17) is 14.4 Å². The Labute approximate surface area is 335 Å². The first kappa shape index (κ1) is 31.1. The average molecular weight is 751 g/mol. The molecular formula is C54H30N4O. The minimum absolute atomic E-state index is 0.671. The normalized spacial score (nSPS) is 12.4. The third-order valence-corrected chi connectivity index (χ3v) is 12.6. The molecule has 0 unspecified atom stereocenters. The fraction of sp³-hybridized carbons (Fsp3) is 0. The zero-order valence-electron chi connectivity index (χ0n) is 31.5. The van der Waals surface area contributed by atoms with E-state index in [2.05, 4.69) is 173 Å². The standard InChI is InChI=1S/C54H30N4O/c1-2-12-33-27-36(22-21-31(33)11-1)54-55-50(53-51(56-54)40-17-7-10-20-47(40)59-53)32-23-25-37(26-24-32)57-45-29-35-14-4-3-13-34(35)28-42(45)48-46(57)30-41-38-15-5-8-18-43(38)58-44-19-9-6-16-39(44)49(48)52(41)58/h1-30H. The van der Waals surface area contributed by atoms with Gasteiger partial charge in [0.05, 0.1) is 27.6 Å². The van der Waals surface area contributed by atoms with E-state index in [1.54, 1.807) is 0 Å². The molecule has 9 aromatic carbocycles. The minimum Gasteiger partial charge on any atom is -0.452 e. The number of hydrogen-bond donors (Lipinski definition) is 0. The van der Waals surface area contributed by atoms with Crippen LogP contribution < -0.4 is 0 Å². The highest BCUT2D eigenvalue weighted by Crippen LogP contribution is 2.47. The first-order chi connectivity index (χ1) is 29.2. The number of aromatic nitrogens is 4. The van der Waals surface area contributed by atoms with Crippen molar-refractivity contribution in [2.24, 2.45) is 0 Å². The molecule has 0 radical (unpaired) electrons. The van der Waals surface area contributed by atoms with Crippen LogP contribution in [0.5, 0.6) is 0 Å².